The highest BCUT2D eigenvalue weighted by atomic mass is 16.3. The van der Waals surface area contributed by atoms with Crippen LogP contribution in [0.1, 0.15) is 27.5 Å². The maximum absolute atomic E-state index is 13.5. The molecule has 2 heterocycles. The van der Waals surface area contributed by atoms with Gasteiger partial charge in [0.15, 0.2) is 11.6 Å². The van der Waals surface area contributed by atoms with E-state index >= 15 is 0 Å². The number of furan rings is 1. The molecular formula is C28H21N7O3. The Kier molecular flexibility index (Phi) is 7.05. The Labute approximate surface area is 216 Å². The maximum atomic E-state index is 13.5. The molecule has 1 amide bonds. The largest absolute Gasteiger partial charge is 0.461 e. The Bertz CT molecular complexity index is 1720. The van der Waals surface area contributed by atoms with E-state index < -0.39 is 5.91 Å². The number of hydrogen-bond acceptors (Lipinski definition) is 7. The van der Waals surface area contributed by atoms with Crippen molar-refractivity contribution in [2.24, 2.45) is 21.2 Å². The number of nitrogen functional groups attached to an aromatic ring is 1. The molecule has 0 radical (unpaired) electrons. The quantitative estimate of drug-likeness (QED) is 0.0859. The molecule has 0 aliphatic heterocycles. The van der Waals surface area contributed by atoms with Gasteiger partial charge in [0.1, 0.15) is 0 Å². The number of carbonyl (C=O) groups excluding carboxylic acids is 1. The zero-order chi connectivity index (χ0) is 26.3. The van der Waals surface area contributed by atoms with Crippen molar-refractivity contribution in [1.82, 2.24) is 15.1 Å². The Morgan fingerprint density at radius 1 is 0.921 bits per heavy atom. The molecule has 0 aliphatic carbocycles. The van der Waals surface area contributed by atoms with E-state index in [-0.39, 0.29) is 11.4 Å². The number of hydrogen-bond donors (Lipinski definition) is 2. The first-order valence-electron chi connectivity index (χ1n) is 11.5. The lowest BCUT2D eigenvalue weighted by molar-refractivity contribution is 0.0953. The molecule has 10 nitrogen and oxygen atoms in total. The lowest BCUT2D eigenvalue weighted by Gasteiger charge is -2.07. The third-order valence-electron chi connectivity index (χ3n) is 5.46. The van der Waals surface area contributed by atoms with E-state index in [1.165, 1.54) is 10.9 Å². The van der Waals surface area contributed by atoms with Gasteiger partial charge in [0.25, 0.3) is 11.5 Å². The highest BCUT2D eigenvalue weighted by Gasteiger charge is 2.13. The Balaban J connectivity index is 1.61. The Hall–Kier alpha value is -5.48. The molecule has 3 aromatic carbocycles. The van der Waals surface area contributed by atoms with Crippen LogP contribution < -0.4 is 16.8 Å². The van der Waals surface area contributed by atoms with E-state index in [0.29, 0.717) is 33.7 Å². The summed E-state index contributed by atoms with van der Waals surface area (Å²) in [7, 11) is 0. The molecule has 0 bridgehead atoms. The Morgan fingerprint density at radius 3 is 2.42 bits per heavy atom. The zero-order valence-corrected chi connectivity index (χ0v) is 19.9. The fourth-order valence-electron chi connectivity index (χ4n) is 3.57. The molecule has 5 aromatic rings. The van der Waals surface area contributed by atoms with Gasteiger partial charge in [-0.25, -0.2) is 10.8 Å². The molecule has 0 spiro atoms. The molecule has 0 aliphatic rings. The summed E-state index contributed by atoms with van der Waals surface area (Å²) < 4.78 is 6.69. The second kappa shape index (κ2) is 11.1. The molecule has 5 rings (SSSR count). The number of azo groups is 1. The number of aromatic nitrogens is 2. The smallest absolute Gasteiger partial charge is 0.282 e. The minimum Gasteiger partial charge on any atom is -0.461 e. The van der Waals surface area contributed by atoms with Crippen LogP contribution in [0.3, 0.4) is 0 Å². The third-order valence-corrected chi connectivity index (χ3v) is 5.46. The predicted molar refractivity (Wildman–Crippen MR) is 145 cm³/mol. The van der Waals surface area contributed by atoms with Crippen molar-refractivity contribution < 1.29 is 9.21 Å². The minimum absolute atomic E-state index is 0.0484. The number of amides is 1. The molecule has 3 N–H and O–H groups in total. The van der Waals surface area contributed by atoms with Crippen molar-refractivity contribution in [3.8, 4) is 0 Å². The van der Waals surface area contributed by atoms with Crippen LogP contribution >= 0.6 is 0 Å². The second-order valence-corrected chi connectivity index (χ2v) is 7.97. The fourth-order valence-corrected chi connectivity index (χ4v) is 3.57. The number of hydrazine groups is 1. The molecule has 0 fully saturated rings. The lowest BCUT2D eigenvalue weighted by atomic mass is 10.2. The number of rotatable bonds is 6. The summed E-state index contributed by atoms with van der Waals surface area (Å²) in [4.78, 5) is 29.8. The van der Waals surface area contributed by atoms with Crippen molar-refractivity contribution >= 4 is 40.5 Å². The summed E-state index contributed by atoms with van der Waals surface area (Å²) in [5.41, 5.74) is 3.99. The average Bonchev–Trinajstić information content (AvgIpc) is 3.51. The summed E-state index contributed by atoms with van der Waals surface area (Å²) in [5, 5.41) is 13.4. The molecule has 38 heavy (non-hydrogen) atoms. The van der Waals surface area contributed by atoms with Crippen molar-refractivity contribution in [3.05, 3.63) is 130 Å². The summed E-state index contributed by atoms with van der Waals surface area (Å²) >= 11 is 0. The molecule has 0 atom stereocenters. The van der Waals surface area contributed by atoms with Crippen molar-refractivity contribution in [3.63, 3.8) is 0 Å². The number of fused-ring (bicyclic) bond motifs is 1. The van der Waals surface area contributed by atoms with Crippen molar-refractivity contribution in [1.29, 1.82) is 0 Å². The first-order chi connectivity index (χ1) is 18.6. The van der Waals surface area contributed by atoms with E-state index in [1.54, 1.807) is 60.7 Å². The van der Waals surface area contributed by atoms with E-state index in [2.05, 4.69) is 25.7 Å². The molecule has 10 heteroatoms. The van der Waals surface area contributed by atoms with E-state index in [4.69, 9.17) is 10.3 Å². The van der Waals surface area contributed by atoms with Gasteiger partial charge in [-0.1, -0.05) is 48.5 Å². The van der Waals surface area contributed by atoms with Gasteiger partial charge in [0.2, 0.25) is 5.84 Å². The summed E-state index contributed by atoms with van der Waals surface area (Å²) in [5.74, 6) is 5.40. The van der Waals surface area contributed by atoms with Crippen LogP contribution in [-0.2, 0) is 0 Å². The number of carbonyl (C=O) groups is 1. The highest BCUT2D eigenvalue weighted by Crippen LogP contribution is 2.16. The first-order valence-corrected chi connectivity index (χ1v) is 11.5. The van der Waals surface area contributed by atoms with Gasteiger partial charge in [0.05, 0.1) is 22.9 Å². The standard InChI is InChI=1S/C28H21N7O3/c29-31-27(36)20-13-15-21(16-14-20)32-33-26(24-11-6-18-38-24)34-35-25(17-12-19-7-2-1-3-8-19)30-23-10-5-4-9-22(23)28(35)37/h1-18H,29H2,(H,31,36)/b17-12+,33-32?,34-26-. The number of amidine groups is 1. The SMILES string of the molecule is NNC(=O)c1ccc(N=N/C(=N\n2c(/C=C/c3ccccc3)nc3ccccc3c2=O)c2ccco2)cc1. The molecule has 0 saturated carbocycles. The van der Waals surface area contributed by atoms with Crippen LogP contribution in [0.5, 0.6) is 0 Å². The van der Waals surface area contributed by atoms with Gasteiger partial charge in [-0.05, 0) is 60.2 Å². The topological polar surface area (TPSA) is 140 Å². The number of nitrogens with one attached hydrogen (secondary N) is 1. The maximum Gasteiger partial charge on any atom is 0.282 e. The van der Waals surface area contributed by atoms with Gasteiger partial charge >= 0.3 is 0 Å². The summed E-state index contributed by atoms with van der Waals surface area (Å²) in [6.07, 6.45) is 5.03. The number of para-hydroxylation sites is 1. The monoisotopic (exact) mass is 503 g/mol. The van der Waals surface area contributed by atoms with Crippen LogP contribution in [0, 0.1) is 0 Å². The number of benzene rings is 3. The van der Waals surface area contributed by atoms with Crippen LogP contribution in [0.25, 0.3) is 23.1 Å². The predicted octanol–water partition coefficient (Wildman–Crippen LogP) is 4.76. The fraction of sp³-hybridized carbons (Fsp3) is 0. The molecule has 0 saturated heterocycles. The van der Waals surface area contributed by atoms with Gasteiger partial charge in [-0.2, -0.15) is 4.68 Å². The molecule has 2 aromatic heterocycles. The Morgan fingerprint density at radius 2 is 1.68 bits per heavy atom. The normalized spacial score (nSPS) is 12.0. The van der Waals surface area contributed by atoms with Crippen molar-refractivity contribution in [2.75, 3.05) is 0 Å². The lowest BCUT2D eigenvalue weighted by Crippen LogP contribution is -2.29. The van der Waals surface area contributed by atoms with Crippen LogP contribution in [0.2, 0.25) is 0 Å². The van der Waals surface area contributed by atoms with Gasteiger partial charge in [0, 0.05) is 5.56 Å². The van der Waals surface area contributed by atoms with Crippen LogP contribution in [0.15, 0.2) is 122 Å². The van der Waals surface area contributed by atoms with Gasteiger partial charge in [-0.3, -0.25) is 15.0 Å². The van der Waals surface area contributed by atoms with E-state index in [9.17, 15) is 9.59 Å². The summed E-state index contributed by atoms with van der Waals surface area (Å²) in [6.45, 7) is 0. The van der Waals surface area contributed by atoms with E-state index in [0.717, 1.165) is 5.56 Å². The van der Waals surface area contributed by atoms with Crippen LogP contribution in [0.4, 0.5) is 5.69 Å². The molecule has 186 valence electrons. The number of nitrogens with two attached hydrogens (primary N) is 1. The number of nitrogens with zero attached hydrogens (tertiary/aromatic N) is 5. The minimum atomic E-state index is -0.425. The van der Waals surface area contributed by atoms with Gasteiger partial charge < -0.3 is 4.42 Å². The first kappa shape index (κ1) is 24.2. The summed E-state index contributed by atoms with van der Waals surface area (Å²) in [6, 6.07) is 26.3. The van der Waals surface area contributed by atoms with Crippen molar-refractivity contribution in [2.45, 2.75) is 0 Å². The average molecular weight is 504 g/mol. The highest BCUT2D eigenvalue weighted by molar-refractivity contribution is 5.97. The van der Waals surface area contributed by atoms with Gasteiger partial charge in [-0.15, -0.1) is 15.3 Å². The van der Waals surface area contributed by atoms with Crippen LogP contribution in [-0.4, -0.2) is 21.4 Å². The molecule has 0 unspecified atom stereocenters. The van der Waals surface area contributed by atoms with E-state index in [1.807, 2.05) is 42.5 Å². The zero-order valence-electron chi connectivity index (χ0n) is 19.9. The third kappa shape index (κ3) is 5.35. The second-order valence-electron chi connectivity index (χ2n) is 7.97. The molecular weight excluding hydrogens is 482 g/mol.